The van der Waals surface area contributed by atoms with Gasteiger partial charge in [-0.1, -0.05) is 18.2 Å². The van der Waals surface area contributed by atoms with Crippen molar-refractivity contribution in [2.24, 2.45) is 4.40 Å². The van der Waals surface area contributed by atoms with Gasteiger partial charge in [0.1, 0.15) is 0 Å². The highest BCUT2D eigenvalue weighted by Crippen LogP contribution is 2.31. The van der Waals surface area contributed by atoms with Crippen LogP contribution in [0.1, 0.15) is 31.9 Å². The van der Waals surface area contributed by atoms with E-state index in [0.29, 0.717) is 0 Å². The van der Waals surface area contributed by atoms with E-state index in [9.17, 15) is 13.2 Å². The van der Waals surface area contributed by atoms with Crippen LogP contribution in [0.4, 0.5) is 13.2 Å². The Morgan fingerprint density at radius 2 is 1.71 bits per heavy atom. The highest BCUT2D eigenvalue weighted by atomic mass is 32.2. The number of hydrogen-bond acceptors (Lipinski definition) is 2. The van der Waals surface area contributed by atoms with Crippen LogP contribution in [-0.2, 0) is 6.18 Å². The van der Waals surface area contributed by atoms with Gasteiger partial charge in [0.05, 0.1) is 5.56 Å². The van der Waals surface area contributed by atoms with Gasteiger partial charge in [0.15, 0.2) is 0 Å². The summed E-state index contributed by atoms with van der Waals surface area (Å²) in [5.41, 5.74) is -0.560. The van der Waals surface area contributed by atoms with Gasteiger partial charge in [-0.15, -0.1) is 0 Å². The Hall–Kier alpha value is -0.970. The summed E-state index contributed by atoms with van der Waals surface area (Å²) in [6.45, 7) is 5.85. The molecule has 0 radical (unpaired) electrons. The number of rotatable bonds is 2. The molecule has 0 bridgehead atoms. The van der Waals surface area contributed by atoms with Gasteiger partial charge in [-0.3, -0.25) is 0 Å². The van der Waals surface area contributed by atoms with E-state index in [1.807, 2.05) is 20.8 Å². The van der Waals surface area contributed by atoms with E-state index in [2.05, 4.69) is 4.40 Å². The molecule has 0 fully saturated rings. The summed E-state index contributed by atoms with van der Waals surface area (Å²) in [4.78, 5) is 0. The normalized spacial score (nSPS) is 13.3. The Labute approximate surface area is 103 Å². The van der Waals surface area contributed by atoms with Gasteiger partial charge in [-0.25, -0.2) is 4.40 Å². The van der Waals surface area contributed by atoms with Gasteiger partial charge in [-0.2, -0.15) is 13.2 Å². The summed E-state index contributed by atoms with van der Waals surface area (Å²) in [7, 11) is 0. The van der Waals surface area contributed by atoms with E-state index >= 15 is 0 Å². The molecule has 94 valence electrons. The molecule has 0 saturated heterocycles. The van der Waals surface area contributed by atoms with E-state index in [4.69, 9.17) is 0 Å². The van der Waals surface area contributed by atoms with Crippen molar-refractivity contribution >= 4 is 18.2 Å². The summed E-state index contributed by atoms with van der Waals surface area (Å²) in [6, 6.07) is 5.41. The first-order valence-corrected chi connectivity index (χ1v) is 5.85. The summed E-state index contributed by atoms with van der Waals surface area (Å²) < 4.78 is 41.8. The van der Waals surface area contributed by atoms with Crippen molar-refractivity contribution in [3.05, 3.63) is 35.4 Å². The Balaban J connectivity index is 2.92. The molecule has 0 saturated carbocycles. The fourth-order valence-electron chi connectivity index (χ4n) is 1.11. The Morgan fingerprint density at radius 1 is 1.12 bits per heavy atom. The third-order valence-electron chi connectivity index (χ3n) is 1.78. The Bertz CT molecular complexity index is 405. The zero-order valence-corrected chi connectivity index (χ0v) is 10.7. The molecule has 0 aliphatic rings. The maximum atomic E-state index is 12.6. The predicted molar refractivity (Wildman–Crippen MR) is 66.4 cm³/mol. The highest BCUT2D eigenvalue weighted by Gasteiger charge is 2.32. The standard InChI is InChI=1S/C12H14F3NS/c1-11(2,3)17-16-8-9-6-4-5-7-10(9)12(13,14)15/h4-8H,1-3H3/b16-8+. The third kappa shape index (κ3) is 4.81. The number of halogens is 3. The minimum absolute atomic E-state index is 0.0942. The zero-order valence-electron chi connectivity index (χ0n) is 9.88. The zero-order chi connectivity index (χ0) is 13.1. The van der Waals surface area contributed by atoms with Gasteiger partial charge in [-0.05, 0) is 38.8 Å². The summed E-state index contributed by atoms with van der Waals surface area (Å²) in [6.07, 6.45) is -3.08. The Kier molecular flexibility index (Phi) is 4.25. The minimum atomic E-state index is -4.34. The molecule has 1 aromatic rings. The SMILES string of the molecule is CC(C)(C)S/N=C/c1ccccc1C(F)(F)F. The summed E-state index contributed by atoms with van der Waals surface area (Å²) in [5.74, 6) is 0. The molecule has 0 amide bonds. The minimum Gasteiger partial charge on any atom is -0.223 e. The second kappa shape index (κ2) is 5.12. The van der Waals surface area contributed by atoms with Crippen LogP contribution in [0.15, 0.2) is 28.7 Å². The second-order valence-electron chi connectivity index (χ2n) is 4.52. The van der Waals surface area contributed by atoms with Crippen molar-refractivity contribution in [3.63, 3.8) is 0 Å². The lowest BCUT2D eigenvalue weighted by atomic mass is 10.1. The molecule has 1 rings (SSSR count). The monoisotopic (exact) mass is 261 g/mol. The first kappa shape index (κ1) is 14.1. The maximum Gasteiger partial charge on any atom is 0.417 e. The van der Waals surface area contributed by atoms with Crippen molar-refractivity contribution in [3.8, 4) is 0 Å². The first-order valence-electron chi connectivity index (χ1n) is 5.08. The van der Waals surface area contributed by atoms with Crippen molar-refractivity contribution in [1.82, 2.24) is 0 Å². The highest BCUT2D eigenvalue weighted by molar-refractivity contribution is 7.99. The van der Waals surface area contributed by atoms with Crippen molar-refractivity contribution < 1.29 is 13.2 Å². The molecule has 5 heteroatoms. The third-order valence-corrected chi connectivity index (χ3v) is 2.54. The van der Waals surface area contributed by atoms with Gasteiger partial charge in [0.2, 0.25) is 0 Å². The van der Waals surface area contributed by atoms with Crippen LogP contribution in [0.2, 0.25) is 0 Å². The van der Waals surface area contributed by atoms with Gasteiger partial charge in [0.25, 0.3) is 0 Å². The van der Waals surface area contributed by atoms with E-state index in [1.165, 1.54) is 30.3 Å². The Morgan fingerprint density at radius 3 is 2.24 bits per heavy atom. The van der Waals surface area contributed by atoms with Crippen LogP contribution in [0.5, 0.6) is 0 Å². The van der Waals surface area contributed by atoms with E-state index in [0.717, 1.165) is 6.07 Å². The topological polar surface area (TPSA) is 12.4 Å². The molecule has 0 heterocycles. The van der Waals surface area contributed by atoms with Crippen molar-refractivity contribution in [2.75, 3.05) is 0 Å². The smallest absolute Gasteiger partial charge is 0.223 e. The van der Waals surface area contributed by atoms with Crippen LogP contribution < -0.4 is 0 Å². The maximum absolute atomic E-state index is 12.6. The van der Waals surface area contributed by atoms with Gasteiger partial charge in [0, 0.05) is 16.5 Å². The molecular formula is C12H14F3NS. The number of benzene rings is 1. The van der Waals surface area contributed by atoms with Gasteiger partial charge < -0.3 is 0 Å². The largest absolute Gasteiger partial charge is 0.417 e. The lowest BCUT2D eigenvalue weighted by molar-refractivity contribution is -0.137. The van der Waals surface area contributed by atoms with Crippen LogP contribution >= 0.6 is 11.9 Å². The van der Waals surface area contributed by atoms with E-state index in [-0.39, 0.29) is 10.3 Å². The molecule has 0 spiro atoms. The molecule has 0 N–H and O–H groups in total. The fraction of sp³-hybridized carbons (Fsp3) is 0.417. The van der Waals surface area contributed by atoms with Crippen LogP contribution in [-0.4, -0.2) is 11.0 Å². The van der Waals surface area contributed by atoms with E-state index < -0.39 is 11.7 Å². The summed E-state index contributed by atoms with van der Waals surface area (Å²) >= 11 is 1.25. The summed E-state index contributed by atoms with van der Waals surface area (Å²) in [5, 5.41) is 0. The lowest BCUT2D eigenvalue weighted by Crippen LogP contribution is -2.09. The van der Waals surface area contributed by atoms with Crippen molar-refractivity contribution in [2.45, 2.75) is 31.7 Å². The molecule has 0 atom stereocenters. The molecule has 0 aliphatic heterocycles. The first-order chi connectivity index (χ1) is 7.70. The number of nitrogens with zero attached hydrogens (tertiary/aromatic N) is 1. The van der Waals surface area contributed by atoms with Crippen LogP contribution in [0.25, 0.3) is 0 Å². The second-order valence-corrected chi connectivity index (χ2v) is 6.14. The van der Waals surface area contributed by atoms with Crippen LogP contribution in [0.3, 0.4) is 0 Å². The molecule has 0 unspecified atom stereocenters. The number of alkyl halides is 3. The van der Waals surface area contributed by atoms with E-state index in [1.54, 1.807) is 6.07 Å². The fourth-order valence-corrected chi connectivity index (χ4v) is 1.59. The molecule has 17 heavy (non-hydrogen) atoms. The molecule has 1 aromatic carbocycles. The lowest BCUT2D eigenvalue weighted by Gasteiger charge is -2.13. The van der Waals surface area contributed by atoms with Crippen LogP contribution in [0, 0.1) is 0 Å². The average Bonchev–Trinajstić information content (AvgIpc) is 2.15. The van der Waals surface area contributed by atoms with Gasteiger partial charge >= 0.3 is 6.18 Å². The molecule has 1 nitrogen and oxygen atoms in total. The number of hydrogen-bond donors (Lipinski definition) is 0. The van der Waals surface area contributed by atoms with Crippen molar-refractivity contribution in [1.29, 1.82) is 0 Å². The predicted octanol–water partition coefficient (Wildman–Crippen LogP) is 4.57. The molecule has 0 aliphatic carbocycles. The molecular weight excluding hydrogens is 247 g/mol. The average molecular weight is 261 g/mol. The molecule has 0 aromatic heterocycles. The quantitative estimate of drug-likeness (QED) is 0.561.